The largest absolute Gasteiger partial charge is 0.0625 e. The molecule has 0 saturated carbocycles. The third kappa shape index (κ3) is 3.72. The molecule has 0 aliphatic heterocycles. The summed E-state index contributed by atoms with van der Waals surface area (Å²) in [5.41, 5.74) is 5.50. The fourth-order valence-corrected chi connectivity index (χ4v) is 2.71. The molecule has 20 heavy (non-hydrogen) atoms. The number of hydrogen-bond acceptors (Lipinski definition) is 0. The van der Waals surface area contributed by atoms with Crippen LogP contribution in [0.5, 0.6) is 0 Å². The molecule has 0 N–H and O–H groups in total. The Balaban J connectivity index is 2.46. The minimum atomic E-state index is 0.668. The van der Waals surface area contributed by atoms with Gasteiger partial charge < -0.3 is 0 Å². The molecular formula is C20H25. The van der Waals surface area contributed by atoms with Crippen LogP contribution in [0.2, 0.25) is 0 Å². The van der Waals surface area contributed by atoms with Gasteiger partial charge in [-0.05, 0) is 53.0 Å². The van der Waals surface area contributed by atoms with Crippen molar-refractivity contribution in [2.24, 2.45) is 11.8 Å². The molecule has 0 aliphatic rings. The minimum Gasteiger partial charge on any atom is -0.0625 e. The molecule has 0 aliphatic carbocycles. The van der Waals surface area contributed by atoms with E-state index >= 15 is 0 Å². The standard InChI is InChI=1S/C20H25/c1-15(2)13-17-9-5-7-11-19(17)20-12-8-6-10-18(20)14-16(3)4/h5-11,15-16H,13-14H2,1-4H3. The number of benzene rings is 2. The van der Waals surface area contributed by atoms with E-state index in [2.05, 4.69) is 70.2 Å². The second kappa shape index (κ2) is 6.74. The lowest BCUT2D eigenvalue weighted by atomic mass is 9.89. The van der Waals surface area contributed by atoms with Gasteiger partial charge in [-0.2, -0.15) is 0 Å². The van der Waals surface area contributed by atoms with Gasteiger partial charge in [0.1, 0.15) is 0 Å². The smallest absolute Gasteiger partial charge is 0.00702 e. The Bertz CT molecular complexity index is 498. The normalized spacial score (nSPS) is 11.3. The van der Waals surface area contributed by atoms with Crippen molar-refractivity contribution in [1.29, 1.82) is 0 Å². The summed E-state index contributed by atoms with van der Waals surface area (Å²) in [6.45, 7) is 9.11. The maximum atomic E-state index is 3.47. The third-order valence-corrected chi connectivity index (χ3v) is 3.49. The van der Waals surface area contributed by atoms with Crippen LogP contribution in [0.15, 0.2) is 42.5 Å². The second-order valence-electron chi connectivity index (χ2n) is 6.42. The number of rotatable bonds is 5. The van der Waals surface area contributed by atoms with Crippen molar-refractivity contribution in [1.82, 2.24) is 0 Å². The molecule has 0 bridgehead atoms. The topological polar surface area (TPSA) is 0 Å². The van der Waals surface area contributed by atoms with E-state index in [9.17, 15) is 0 Å². The maximum absolute atomic E-state index is 3.47. The first-order chi connectivity index (χ1) is 9.58. The van der Waals surface area contributed by atoms with Crippen molar-refractivity contribution in [2.75, 3.05) is 0 Å². The molecule has 0 spiro atoms. The Hall–Kier alpha value is -1.56. The molecule has 2 rings (SSSR count). The summed E-state index contributed by atoms with van der Waals surface area (Å²) in [6.07, 6.45) is 2.24. The monoisotopic (exact) mass is 265 g/mol. The molecule has 0 saturated heterocycles. The van der Waals surface area contributed by atoms with E-state index in [0.29, 0.717) is 11.8 Å². The zero-order valence-corrected chi connectivity index (χ0v) is 13.1. The molecule has 0 atom stereocenters. The summed E-state index contributed by atoms with van der Waals surface area (Å²) in [6, 6.07) is 18.6. The Morgan fingerprint density at radius 1 is 0.800 bits per heavy atom. The van der Waals surface area contributed by atoms with Gasteiger partial charge in [0.15, 0.2) is 0 Å². The molecule has 2 aromatic carbocycles. The van der Waals surface area contributed by atoms with Gasteiger partial charge in [-0.3, -0.25) is 0 Å². The summed E-state index contributed by atoms with van der Waals surface area (Å²) < 4.78 is 0. The van der Waals surface area contributed by atoms with Gasteiger partial charge in [0.25, 0.3) is 0 Å². The average Bonchev–Trinajstić information content (AvgIpc) is 2.39. The molecule has 0 heterocycles. The van der Waals surface area contributed by atoms with Crippen LogP contribution >= 0.6 is 0 Å². The van der Waals surface area contributed by atoms with Crippen LogP contribution in [0.3, 0.4) is 0 Å². The highest BCUT2D eigenvalue weighted by Gasteiger charge is 2.11. The van der Waals surface area contributed by atoms with Gasteiger partial charge >= 0.3 is 0 Å². The van der Waals surface area contributed by atoms with Crippen molar-refractivity contribution in [3.63, 3.8) is 0 Å². The zero-order valence-electron chi connectivity index (χ0n) is 13.1. The first-order valence-electron chi connectivity index (χ1n) is 7.65. The minimum absolute atomic E-state index is 0.668. The summed E-state index contributed by atoms with van der Waals surface area (Å²) in [5.74, 6) is 1.34. The third-order valence-electron chi connectivity index (χ3n) is 3.49. The van der Waals surface area contributed by atoms with Crippen molar-refractivity contribution in [3.05, 3.63) is 59.7 Å². The lowest BCUT2D eigenvalue weighted by Gasteiger charge is -2.16. The van der Waals surface area contributed by atoms with Crippen molar-refractivity contribution < 1.29 is 0 Å². The summed E-state index contributed by atoms with van der Waals surface area (Å²) in [5, 5.41) is 0. The van der Waals surface area contributed by atoms with Crippen molar-refractivity contribution in [2.45, 2.75) is 40.5 Å². The molecule has 105 valence electrons. The number of hydrogen-bond donors (Lipinski definition) is 0. The predicted octanol–water partition coefficient (Wildman–Crippen LogP) is 5.55. The first kappa shape index (κ1) is 14.8. The van der Waals surface area contributed by atoms with E-state index in [0.717, 1.165) is 12.8 Å². The summed E-state index contributed by atoms with van der Waals surface area (Å²) >= 11 is 0. The SMILES string of the molecule is CC(C)Cc1ccc[c]c1-c1ccccc1CC(C)C. The zero-order chi connectivity index (χ0) is 14.5. The quantitative estimate of drug-likeness (QED) is 0.664. The fourth-order valence-electron chi connectivity index (χ4n) is 2.71. The van der Waals surface area contributed by atoms with Crippen LogP contribution in [0.25, 0.3) is 11.1 Å². The van der Waals surface area contributed by atoms with Gasteiger partial charge in [-0.1, -0.05) is 70.2 Å². The van der Waals surface area contributed by atoms with Crippen LogP contribution in [0.1, 0.15) is 38.8 Å². The van der Waals surface area contributed by atoms with Gasteiger partial charge in [0.2, 0.25) is 0 Å². The fraction of sp³-hybridized carbons (Fsp3) is 0.400. The second-order valence-corrected chi connectivity index (χ2v) is 6.42. The molecular weight excluding hydrogens is 240 g/mol. The molecule has 0 unspecified atom stereocenters. The van der Waals surface area contributed by atoms with Gasteiger partial charge in [-0.15, -0.1) is 0 Å². The van der Waals surface area contributed by atoms with E-state index < -0.39 is 0 Å². The van der Waals surface area contributed by atoms with Crippen LogP contribution in [0.4, 0.5) is 0 Å². The molecule has 0 amide bonds. The molecule has 0 aromatic heterocycles. The first-order valence-corrected chi connectivity index (χ1v) is 7.65. The van der Waals surface area contributed by atoms with Crippen LogP contribution in [-0.2, 0) is 12.8 Å². The van der Waals surface area contributed by atoms with Crippen LogP contribution < -0.4 is 0 Å². The van der Waals surface area contributed by atoms with Crippen LogP contribution in [0, 0.1) is 17.9 Å². The predicted molar refractivity (Wildman–Crippen MR) is 87.8 cm³/mol. The Morgan fingerprint density at radius 2 is 1.40 bits per heavy atom. The molecule has 0 nitrogen and oxygen atoms in total. The van der Waals surface area contributed by atoms with E-state index in [1.54, 1.807) is 0 Å². The van der Waals surface area contributed by atoms with Gasteiger partial charge in [-0.25, -0.2) is 0 Å². The van der Waals surface area contributed by atoms with E-state index in [4.69, 9.17) is 0 Å². The van der Waals surface area contributed by atoms with Gasteiger partial charge in [0, 0.05) is 0 Å². The lowest BCUT2D eigenvalue weighted by molar-refractivity contribution is 0.644. The van der Waals surface area contributed by atoms with Crippen molar-refractivity contribution >= 4 is 0 Å². The summed E-state index contributed by atoms with van der Waals surface area (Å²) in [7, 11) is 0. The highest BCUT2D eigenvalue weighted by molar-refractivity contribution is 5.70. The molecule has 0 heteroatoms. The Morgan fingerprint density at radius 3 is 2.10 bits per heavy atom. The Kier molecular flexibility index (Phi) is 5.00. The molecule has 2 aromatic rings. The van der Waals surface area contributed by atoms with E-state index in [1.807, 2.05) is 6.07 Å². The van der Waals surface area contributed by atoms with Crippen molar-refractivity contribution in [3.8, 4) is 11.1 Å². The van der Waals surface area contributed by atoms with E-state index in [1.165, 1.54) is 22.3 Å². The van der Waals surface area contributed by atoms with Crippen LogP contribution in [-0.4, -0.2) is 0 Å². The molecule has 1 radical (unpaired) electrons. The highest BCUT2D eigenvalue weighted by Crippen LogP contribution is 2.29. The summed E-state index contributed by atoms with van der Waals surface area (Å²) in [4.78, 5) is 0. The molecule has 0 fully saturated rings. The maximum Gasteiger partial charge on any atom is -0.00702 e. The van der Waals surface area contributed by atoms with E-state index in [-0.39, 0.29) is 0 Å². The Labute approximate surface area is 123 Å². The highest BCUT2D eigenvalue weighted by atomic mass is 14.1. The lowest BCUT2D eigenvalue weighted by Crippen LogP contribution is -2.00. The van der Waals surface area contributed by atoms with Gasteiger partial charge in [0.05, 0.1) is 0 Å². The average molecular weight is 265 g/mol.